The minimum absolute atomic E-state index is 0.163. The number of rotatable bonds is 10. The Balaban J connectivity index is 1.32. The summed E-state index contributed by atoms with van der Waals surface area (Å²) >= 11 is 1.77. The molecule has 4 rings (SSSR count). The predicted octanol–water partition coefficient (Wildman–Crippen LogP) is 2.13. The molecule has 0 saturated heterocycles. The molecule has 11 heteroatoms. The fraction of sp³-hybridized carbons (Fsp3) is 0.793. The fourth-order valence-corrected chi connectivity index (χ4v) is 6.86. The van der Waals surface area contributed by atoms with Crippen LogP contribution in [0.3, 0.4) is 0 Å². The molecular formula is C29H51N7O3S. The van der Waals surface area contributed by atoms with E-state index in [1.54, 1.807) is 18.9 Å². The molecule has 2 bridgehead atoms. The van der Waals surface area contributed by atoms with E-state index < -0.39 is 0 Å². The van der Waals surface area contributed by atoms with E-state index >= 15 is 0 Å². The number of thioether (sulfide) groups is 1. The molecule has 6 N–H and O–H groups in total. The number of hydrogen-bond donors (Lipinski definition) is 6. The van der Waals surface area contributed by atoms with E-state index in [1.807, 2.05) is 0 Å². The molecule has 2 aliphatic carbocycles. The lowest BCUT2D eigenvalue weighted by Crippen LogP contribution is -2.53. The number of ether oxygens (including phenoxy) is 2. The summed E-state index contributed by atoms with van der Waals surface area (Å²) < 4.78 is 10.3. The topological polar surface area (TPSA) is 121 Å². The molecule has 0 radical (unpaired) electrons. The number of aromatic nitrogens is 1. The van der Waals surface area contributed by atoms with Crippen molar-refractivity contribution in [2.45, 2.75) is 93.5 Å². The molecule has 4 atom stereocenters. The molecule has 10 nitrogen and oxygen atoms in total. The lowest BCUT2D eigenvalue weighted by Gasteiger charge is -2.34. The molecule has 3 aliphatic rings. The van der Waals surface area contributed by atoms with Crippen LogP contribution in [0, 0.1) is 0 Å². The number of urea groups is 1. The highest BCUT2D eigenvalue weighted by Gasteiger charge is 2.27. The SMILES string of the molecule is COCCOCCNC(=O)NCCSc1cc2nc(c1)CN[C@@H]1CCCC[C@H]1NCCN[C@@H]1CCCC[C@H]1NC2. The summed E-state index contributed by atoms with van der Waals surface area (Å²) in [5.74, 6) is 0.796. The van der Waals surface area contributed by atoms with Crippen LogP contribution >= 0.6 is 11.8 Å². The number of pyridine rings is 1. The highest BCUT2D eigenvalue weighted by atomic mass is 32.2. The van der Waals surface area contributed by atoms with Crippen molar-refractivity contribution in [1.82, 2.24) is 36.9 Å². The fourth-order valence-electron chi connectivity index (χ4n) is 5.99. The zero-order valence-corrected chi connectivity index (χ0v) is 25.1. The summed E-state index contributed by atoms with van der Waals surface area (Å²) in [4.78, 5) is 18.3. The van der Waals surface area contributed by atoms with Crippen LogP contribution < -0.4 is 31.9 Å². The van der Waals surface area contributed by atoms with Gasteiger partial charge in [-0.25, -0.2) is 4.79 Å². The van der Waals surface area contributed by atoms with Crippen LogP contribution in [0.25, 0.3) is 0 Å². The molecule has 40 heavy (non-hydrogen) atoms. The van der Waals surface area contributed by atoms with E-state index in [4.69, 9.17) is 14.5 Å². The number of carbonyl (C=O) groups excluding carboxylic acids is 1. The molecular weight excluding hydrogens is 526 g/mol. The van der Waals surface area contributed by atoms with E-state index in [1.165, 1.54) is 56.3 Å². The number of nitrogens with zero attached hydrogens (tertiary/aromatic N) is 1. The molecule has 2 fully saturated rings. The number of methoxy groups -OCH3 is 1. The van der Waals surface area contributed by atoms with Crippen LogP contribution in [0.2, 0.25) is 0 Å². The highest BCUT2D eigenvalue weighted by molar-refractivity contribution is 7.99. The van der Waals surface area contributed by atoms with Gasteiger partial charge < -0.3 is 41.4 Å². The number of amides is 2. The average molecular weight is 578 g/mol. The molecule has 1 aromatic heterocycles. The van der Waals surface area contributed by atoms with Crippen molar-refractivity contribution in [2.75, 3.05) is 58.9 Å². The van der Waals surface area contributed by atoms with Gasteiger partial charge in [-0.05, 0) is 37.8 Å². The first kappa shape index (κ1) is 31.5. The van der Waals surface area contributed by atoms with E-state index in [9.17, 15) is 4.79 Å². The second-order valence-electron chi connectivity index (χ2n) is 11.1. The van der Waals surface area contributed by atoms with Crippen molar-refractivity contribution in [3.63, 3.8) is 0 Å². The Hall–Kier alpha value is -1.47. The lowest BCUT2D eigenvalue weighted by atomic mass is 9.89. The quantitative estimate of drug-likeness (QED) is 0.184. The van der Waals surface area contributed by atoms with Gasteiger partial charge in [0.05, 0.1) is 31.2 Å². The first-order valence-corrected chi connectivity index (χ1v) is 16.3. The lowest BCUT2D eigenvalue weighted by molar-refractivity contribution is 0.0727. The van der Waals surface area contributed by atoms with Gasteiger partial charge in [0.1, 0.15) is 0 Å². The minimum atomic E-state index is -0.163. The zero-order chi connectivity index (χ0) is 27.8. The molecule has 2 heterocycles. The van der Waals surface area contributed by atoms with Gasteiger partial charge in [-0.2, -0.15) is 0 Å². The van der Waals surface area contributed by atoms with Gasteiger partial charge in [0, 0.05) is 81.2 Å². The maximum atomic E-state index is 12.1. The minimum Gasteiger partial charge on any atom is -0.382 e. The Kier molecular flexibility index (Phi) is 14.3. The molecule has 0 unspecified atom stereocenters. The molecule has 2 amide bonds. The summed E-state index contributed by atoms with van der Waals surface area (Å²) in [6.07, 6.45) is 10.1. The first-order chi connectivity index (χ1) is 19.7. The van der Waals surface area contributed by atoms with Crippen LogP contribution in [0.4, 0.5) is 4.79 Å². The van der Waals surface area contributed by atoms with E-state index in [2.05, 4.69) is 44.0 Å². The monoisotopic (exact) mass is 577 g/mol. The predicted molar refractivity (Wildman–Crippen MR) is 161 cm³/mol. The van der Waals surface area contributed by atoms with E-state index in [-0.39, 0.29) is 6.03 Å². The molecule has 1 aromatic rings. The van der Waals surface area contributed by atoms with Gasteiger partial charge in [-0.1, -0.05) is 25.7 Å². The second-order valence-corrected chi connectivity index (χ2v) is 12.3. The molecule has 226 valence electrons. The van der Waals surface area contributed by atoms with Gasteiger partial charge in [0.25, 0.3) is 0 Å². The van der Waals surface area contributed by atoms with Crippen LogP contribution in [0.1, 0.15) is 62.8 Å². The Morgan fingerprint density at radius 2 is 1.38 bits per heavy atom. The number of hydrogen-bond acceptors (Lipinski definition) is 9. The van der Waals surface area contributed by atoms with Crippen LogP contribution in [0.15, 0.2) is 17.0 Å². The van der Waals surface area contributed by atoms with Gasteiger partial charge in [-0.15, -0.1) is 11.8 Å². The Morgan fingerprint density at radius 3 is 1.95 bits per heavy atom. The molecule has 1 aliphatic heterocycles. The summed E-state index contributed by atoms with van der Waals surface area (Å²) in [5.41, 5.74) is 2.19. The van der Waals surface area contributed by atoms with Crippen LogP contribution in [-0.2, 0) is 22.6 Å². The third-order valence-electron chi connectivity index (χ3n) is 8.09. The van der Waals surface area contributed by atoms with E-state index in [0.29, 0.717) is 57.1 Å². The maximum absolute atomic E-state index is 12.1. The van der Waals surface area contributed by atoms with Gasteiger partial charge in [0.15, 0.2) is 0 Å². The van der Waals surface area contributed by atoms with Gasteiger partial charge in [-0.3, -0.25) is 4.98 Å². The highest BCUT2D eigenvalue weighted by Crippen LogP contribution is 2.23. The number of nitrogens with one attached hydrogen (secondary N) is 6. The molecule has 2 saturated carbocycles. The largest absolute Gasteiger partial charge is 0.382 e. The third-order valence-corrected chi connectivity index (χ3v) is 9.06. The zero-order valence-electron chi connectivity index (χ0n) is 24.3. The third kappa shape index (κ3) is 11.1. The number of carbonyl (C=O) groups is 1. The van der Waals surface area contributed by atoms with Gasteiger partial charge in [0.2, 0.25) is 0 Å². The van der Waals surface area contributed by atoms with Crippen LogP contribution in [0.5, 0.6) is 0 Å². The first-order valence-electron chi connectivity index (χ1n) is 15.4. The van der Waals surface area contributed by atoms with Crippen LogP contribution in [-0.4, -0.2) is 94.0 Å². The van der Waals surface area contributed by atoms with E-state index in [0.717, 1.165) is 43.3 Å². The smallest absolute Gasteiger partial charge is 0.314 e. The summed E-state index contributed by atoms with van der Waals surface area (Å²) in [5, 5.41) is 21.2. The number of fused-ring (bicyclic) bond motifs is 4. The second kappa shape index (κ2) is 18.1. The maximum Gasteiger partial charge on any atom is 0.314 e. The van der Waals surface area contributed by atoms with Crippen molar-refractivity contribution in [3.05, 3.63) is 23.5 Å². The Bertz CT molecular complexity index is 832. The summed E-state index contributed by atoms with van der Waals surface area (Å²) in [7, 11) is 1.64. The normalized spacial score (nSPS) is 26.0. The van der Waals surface area contributed by atoms with Gasteiger partial charge >= 0.3 is 6.03 Å². The van der Waals surface area contributed by atoms with Crippen molar-refractivity contribution >= 4 is 17.8 Å². The molecule has 0 aromatic carbocycles. The standard InChI is InChI=1S/C29H51N7O3S/c1-38-15-16-39-14-12-32-29(37)33-13-17-40-24-18-22-20-34-27-8-4-2-6-25(27)30-10-11-31-26-7-3-5-9-28(26)35-21-23(19-24)36-22/h18-19,25-28,30-31,34-35H,2-17,20-21H2,1H3,(H2,32,33,37)/t25-,26-,27-,28-/m1/s1. The summed E-state index contributed by atoms with van der Waals surface area (Å²) in [6, 6.07) is 6.27. The van der Waals surface area contributed by atoms with Crippen molar-refractivity contribution in [3.8, 4) is 0 Å². The Labute approximate surface area is 244 Å². The average Bonchev–Trinajstić information content (AvgIpc) is 2.98. The van der Waals surface area contributed by atoms with Crippen molar-refractivity contribution in [1.29, 1.82) is 0 Å². The van der Waals surface area contributed by atoms with Crippen molar-refractivity contribution < 1.29 is 14.3 Å². The Morgan fingerprint density at radius 1 is 0.825 bits per heavy atom. The van der Waals surface area contributed by atoms with Crippen molar-refractivity contribution in [2.24, 2.45) is 0 Å². The summed E-state index contributed by atoms with van der Waals surface area (Å²) in [6.45, 7) is 6.25. The molecule has 0 spiro atoms.